The number of nitrogens with zero attached hydrogens (tertiary/aromatic N) is 2. The lowest BCUT2D eigenvalue weighted by Gasteiger charge is -1.99. The van der Waals surface area contributed by atoms with E-state index in [1.807, 2.05) is 54.6 Å². The number of carbonyl (C=O) groups is 1. The van der Waals surface area contributed by atoms with Gasteiger partial charge in [0.05, 0.1) is 11.4 Å². The monoisotopic (exact) mass is 384 g/mol. The molecule has 4 rings (SSSR count). The molecule has 0 aliphatic heterocycles. The maximum absolute atomic E-state index is 12.4. The number of furan rings is 1. The van der Waals surface area contributed by atoms with Crippen molar-refractivity contribution < 1.29 is 9.21 Å². The van der Waals surface area contributed by atoms with E-state index >= 15 is 0 Å². The summed E-state index contributed by atoms with van der Waals surface area (Å²) < 4.78 is 8.75. The van der Waals surface area contributed by atoms with E-state index in [2.05, 4.69) is 5.10 Å². The van der Waals surface area contributed by atoms with Crippen LogP contribution in [-0.2, 0) is 0 Å². The van der Waals surface area contributed by atoms with Crippen molar-refractivity contribution in [2.75, 3.05) is 5.75 Å². The molecule has 0 radical (unpaired) electrons. The molecule has 25 heavy (non-hydrogen) atoms. The van der Waals surface area contributed by atoms with Crippen LogP contribution >= 0.6 is 35.3 Å². The van der Waals surface area contributed by atoms with E-state index < -0.39 is 0 Å². The van der Waals surface area contributed by atoms with Gasteiger partial charge < -0.3 is 4.42 Å². The molecular weight excluding hydrogens is 372 g/mol. The fraction of sp³-hybridized carbons (Fsp3) is 0.0556. The number of rotatable bonds is 5. The van der Waals surface area contributed by atoms with Gasteiger partial charge in [0.2, 0.25) is 5.78 Å². The first-order valence-electron chi connectivity index (χ1n) is 7.51. The third-order valence-electron chi connectivity index (χ3n) is 3.56. The summed E-state index contributed by atoms with van der Waals surface area (Å²) in [5.74, 6) is 0.574. The predicted molar refractivity (Wildman–Crippen MR) is 104 cm³/mol. The van der Waals surface area contributed by atoms with Gasteiger partial charge in [0.25, 0.3) is 0 Å². The third-order valence-corrected chi connectivity index (χ3v) is 5.92. The maximum atomic E-state index is 12.4. The molecule has 0 unspecified atom stereocenters. The molecule has 0 atom stereocenters. The smallest absolute Gasteiger partial charge is 0.208 e. The molecule has 0 saturated heterocycles. The van der Waals surface area contributed by atoms with Crippen LogP contribution < -0.4 is 0 Å². The average Bonchev–Trinajstić information content (AvgIpc) is 3.24. The minimum absolute atomic E-state index is 0.0615. The zero-order valence-electron chi connectivity index (χ0n) is 12.9. The van der Waals surface area contributed by atoms with Crippen molar-refractivity contribution in [2.45, 2.75) is 4.34 Å². The first-order chi connectivity index (χ1) is 12.2. The molecule has 2 aromatic carbocycles. The summed E-state index contributed by atoms with van der Waals surface area (Å²) in [6.45, 7) is 0. The standard InChI is InChI=1S/C18H12N2O2S3/c21-14(16-10-12-6-4-5-9-15(12)22-16)11-24-17-19-20(18(23)25-17)13-7-2-1-3-8-13/h1-10H,11H2. The number of para-hydroxylation sites is 2. The summed E-state index contributed by atoms with van der Waals surface area (Å²) in [6, 6.07) is 19.1. The molecule has 0 fully saturated rings. The predicted octanol–water partition coefficient (Wildman–Crippen LogP) is 5.38. The normalized spacial score (nSPS) is 11.0. The van der Waals surface area contributed by atoms with Gasteiger partial charge in [0.1, 0.15) is 5.58 Å². The van der Waals surface area contributed by atoms with Crippen LogP contribution in [0.15, 0.2) is 69.4 Å². The molecule has 4 nitrogen and oxygen atoms in total. The number of fused-ring (bicyclic) bond motifs is 1. The largest absolute Gasteiger partial charge is 0.453 e. The second kappa shape index (κ2) is 6.95. The van der Waals surface area contributed by atoms with Gasteiger partial charge in [-0.1, -0.05) is 59.5 Å². The Kier molecular flexibility index (Phi) is 4.52. The molecule has 0 N–H and O–H groups in total. The Morgan fingerprint density at radius 1 is 1.16 bits per heavy atom. The van der Waals surface area contributed by atoms with Crippen molar-refractivity contribution >= 4 is 52.1 Å². The Balaban J connectivity index is 1.50. The van der Waals surface area contributed by atoms with Crippen LogP contribution in [0.3, 0.4) is 0 Å². The molecule has 4 aromatic rings. The number of ketones is 1. The van der Waals surface area contributed by atoms with Crippen LogP contribution in [0.2, 0.25) is 0 Å². The van der Waals surface area contributed by atoms with Crippen molar-refractivity contribution in [1.82, 2.24) is 9.78 Å². The molecule has 0 spiro atoms. The van der Waals surface area contributed by atoms with Crippen molar-refractivity contribution in [1.29, 1.82) is 0 Å². The van der Waals surface area contributed by atoms with E-state index in [1.165, 1.54) is 23.1 Å². The first-order valence-corrected chi connectivity index (χ1v) is 9.72. The SMILES string of the molecule is O=C(CSc1nn(-c2ccccc2)c(=S)s1)c1cc2ccccc2o1. The Hall–Kier alpha value is -2.22. The van der Waals surface area contributed by atoms with Crippen LogP contribution in [0.1, 0.15) is 10.6 Å². The highest BCUT2D eigenvalue weighted by atomic mass is 32.2. The van der Waals surface area contributed by atoms with Crippen molar-refractivity contribution in [3.05, 3.63) is 70.4 Å². The number of Topliss-reactive ketones (excluding diaryl/α,β-unsaturated/α-hetero) is 1. The van der Waals surface area contributed by atoms with Gasteiger partial charge in [-0.3, -0.25) is 4.79 Å². The molecule has 0 aliphatic rings. The molecular formula is C18H12N2O2S3. The number of aromatic nitrogens is 2. The van der Waals surface area contributed by atoms with E-state index in [0.29, 0.717) is 9.71 Å². The van der Waals surface area contributed by atoms with Gasteiger partial charge in [0.15, 0.2) is 14.1 Å². The Bertz CT molecular complexity index is 1060. The Labute approximate surface area is 157 Å². The molecule has 7 heteroatoms. The fourth-order valence-electron chi connectivity index (χ4n) is 2.37. The summed E-state index contributed by atoms with van der Waals surface area (Å²) in [5, 5.41) is 5.43. The van der Waals surface area contributed by atoms with Gasteiger partial charge in [-0.05, 0) is 36.5 Å². The van der Waals surface area contributed by atoms with Gasteiger partial charge in [0, 0.05) is 5.39 Å². The fourth-order valence-corrected chi connectivity index (χ4v) is 4.60. The lowest BCUT2D eigenvalue weighted by molar-refractivity contribution is 0.0994. The molecule has 0 saturated carbocycles. The summed E-state index contributed by atoms with van der Waals surface area (Å²) in [5.41, 5.74) is 1.64. The highest BCUT2D eigenvalue weighted by molar-refractivity contribution is 8.01. The molecule has 0 bridgehead atoms. The number of hydrogen-bond donors (Lipinski definition) is 0. The number of carbonyl (C=O) groups excluding carboxylic acids is 1. The van der Waals surface area contributed by atoms with E-state index in [9.17, 15) is 4.79 Å². The van der Waals surface area contributed by atoms with Gasteiger partial charge in [-0.2, -0.15) is 0 Å². The lowest BCUT2D eigenvalue weighted by atomic mass is 10.2. The van der Waals surface area contributed by atoms with Crippen LogP contribution in [0.5, 0.6) is 0 Å². The second-order valence-corrected chi connectivity index (χ2v) is 8.09. The molecule has 2 aromatic heterocycles. The average molecular weight is 385 g/mol. The highest BCUT2D eigenvalue weighted by Gasteiger charge is 2.14. The lowest BCUT2D eigenvalue weighted by Crippen LogP contribution is -2.01. The van der Waals surface area contributed by atoms with Gasteiger partial charge in [-0.25, -0.2) is 4.68 Å². The van der Waals surface area contributed by atoms with Crippen molar-refractivity contribution in [3.63, 3.8) is 0 Å². The topological polar surface area (TPSA) is 48.0 Å². The van der Waals surface area contributed by atoms with Crippen LogP contribution in [0, 0.1) is 3.95 Å². The van der Waals surface area contributed by atoms with Crippen molar-refractivity contribution in [3.8, 4) is 5.69 Å². The number of benzene rings is 2. The summed E-state index contributed by atoms with van der Waals surface area (Å²) >= 11 is 8.15. The van der Waals surface area contributed by atoms with E-state index in [4.69, 9.17) is 16.6 Å². The van der Waals surface area contributed by atoms with E-state index in [-0.39, 0.29) is 11.5 Å². The Morgan fingerprint density at radius 3 is 2.72 bits per heavy atom. The van der Waals surface area contributed by atoms with Gasteiger partial charge >= 0.3 is 0 Å². The minimum atomic E-state index is -0.0615. The van der Waals surface area contributed by atoms with Crippen LogP contribution in [0.4, 0.5) is 0 Å². The Morgan fingerprint density at radius 2 is 1.92 bits per heavy atom. The summed E-state index contributed by atoms with van der Waals surface area (Å²) in [6.07, 6.45) is 0. The van der Waals surface area contributed by atoms with Crippen LogP contribution in [-0.4, -0.2) is 21.3 Å². The van der Waals surface area contributed by atoms with E-state index in [1.54, 1.807) is 10.7 Å². The first kappa shape index (κ1) is 16.3. The molecule has 0 amide bonds. The number of hydrogen-bond acceptors (Lipinski definition) is 6. The van der Waals surface area contributed by atoms with Crippen molar-refractivity contribution in [2.24, 2.45) is 0 Å². The quantitative estimate of drug-likeness (QED) is 0.262. The summed E-state index contributed by atoms with van der Waals surface area (Å²) in [4.78, 5) is 12.4. The second-order valence-electron chi connectivity index (χ2n) is 5.24. The summed E-state index contributed by atoms with van der Waals surface area (Å²) in [7, 11) is 0. The van der Waals surface area contributed by atoms with Gasteiger partial charge in [-0.15, -0.1) is 5.10 Å². The molecule has 2 heterocycles. The molecule has 124 valence electrons. The zero-order chi connectivity index (χ0) is 17.2. The highest BCUT2D eigenvalue weighted by Crippen LogP contribution is 2.26. The minimum Gasteiger partial charge on any atom is -0.453 e. The maximum Gasteiger partial charge on any atom is 0.208 e. The van der Waals surface area contributed by atoms with Crippen LogP contribution in [0.25, 0.3) is 16.7 Å². The number of thioether (sulfide) groups is 1. The third kappa shape index (κ3) is 3.44. The zero-order valence-corrected chi connectivity index (χ0v) is 15.4. The molecule has 0 aliphatic carbocycles. The van der Waals surface area contributed by atoms with E-state index in [0.717, 1.165) is 21.0 Å².